The van der Waals surface area contributed by atoms with Crippen LogP contribution in [0.1, 0.15) is 30.4 Å². The predicted molar refractivity (Wildman–Crippen MR) is 93.7 cm³/mol. The minimum atomic E-state index is 0.301. The molecule has 2 aromatic rings. The van der Waals surface area contributed by atoms with Crippen LogP contribution in [0.2, 0.25) is 0 Å². The third-order valence-corrected chi connectivity index (χ3v) is 4.52. The molecule has 2 nitrogen and oxygen atoms in total. The average Bonchev–Trinajstić information content (AvgIpc) is 2.60. The van der Waals surface area contributed by atoms with E-state index in [2.05, 4.69) is 35.7 Å². The molecule has 1 atom stereocenters. The first-order chi connectivity index (χ1) is 11.3. The summed E-state index contributed by atoms with van der Waals surface area (Å²) in [5.74, 6) is 0.803. The molecule has 1 unspecified atom stereocenters. The van der Waals surface area contributed by atoms with Crippen LogP contribution < -0.4 is 5.32 Å². The maximum atomic E-state index is 12.4. The van der Waals surface area contributed by atoms with E-state index >= 15 is 0 Å². The fourth-order valence-corrected chi connectivity index (χ4v) is 3.21. The monoisotopic (exact) mass is 306 g/mol. The van der Waals surface area contributed by atoms with E-state index in [4.69, 9.17) is 0 Å². The summed E-state index contributed by atoms with van der Waals surface area (Å²) in [6, 6.07) is 20.6. The molecular weight excluding hydrogens is 282 g/mol. The lowest BCUT2D eigenvalue weighted by Gasteiger charge is -2.20. The number of Topliss-reactive ketones (excluding diaryl/α,β-unsaturated/α-hetero) is 1. The van der Waals surface area contributed by atoms with Crippen LogP contribution in [-0.2, 0) is 11.3 Å². The van der Waals surface area contributed by atoms with Crippen molar-refractivity contribution in [1.29, 1.82) is 0 Å². The van der Waals surface area contributed by atoms with Gasteiger partial charge >= 0.3 is 0 Å². The van der Waals surface area contributed by atoms with Gasteiger partial charge in [-0.3, -0.25) is 4.79 Å². The Labute approximate surface area is 138 Å². The summed E-state index contributed by atoms with van der Waals surface area (Å²) >= 11 is 0. The van der Waals surface area contributed by atoms with Gasteiger partial charge in [-0.15, -0.1) is 0 Å². The second kappa shape index (κ2) is 7.89. The minimum absolute atomic E-state index is 0.301. The molecule has 0 saturated heterocycles. The molecule has 118 valence electrons. The van der Waals surface area contributed by atoms with E-state index in [1.54, 1.807) is 0 Å². The fraction of sp³-hybridized carbons (Fsp3) is 0.286. The van der Waals surface area contributed by atoms with Crippen molar-refractivity contribution >= 4 is 11.4 Å². The van der Waals surface area contributed by atoms with Crippen molar-refractivity contribution in [2.75, 3.05) is 6.54 Å². The van der Waals surface area contributed by atoms with Gasteiger partial charge in [-0.05, 0) is 24.3 Å². The molecule has 0 radical (unpaired) electrons. The van der Waals surface area contributed by atoms with E-state index in [0.29, 0.717) is 18.1 Å². The molecule has 1 aliphatic carbocycles. The van der Waals surface area contributed by atoms with Crippen molar-refractivity contribution in [3.05, 3.63) is 77.9 Å². The van der Waals surface area contributed by atoms with Crippen LogP contribution in [0.3, 0.4) is 0 Å². The fourth-order valence-electron chi connectivity index (χ4n) is 3.21. The first-order valence-corrected chi connectivity index (χ1v) is 8.47. The molecule has 3 rings (SSSR count). The molecule has 0 amide bonds. The Balaban J connectivity index is 1.46. The van der Waals surface area contributed by atoms with Gasteiger partial charge in [0.1, 0.15) is 6.54 Å². The quantitative estimate of drug-likeness (QED) is 0.817. The zero-order chi connectivity index (χ0) is 15.9. The molecule has 2 heteroatoms. The van der Waals surface area contributed by atoms with Crippen molar-refractivity contribution in [3.8, 4) is 0 Å². The van der Waals surface area contributed by atoms with Crippen molar-refractivity contribution in [3.63, 3.8) is 0 Å². The van der Waals surface area contributed by atoms with E-state index in [9.17, 15) is 4.79 Å². The van der Waals surface area contributed by atoms with Crippen molar-refractivity contribution < 1.29 is 10.1 Å². The number of rotatable bonds is 6. The SMILES string of the molecule is O=C1CC(CC[NH2+]Cc2ccccc2)CC=C1c1ccccc1. The Bertz CT molecular complexity index is 661. The van der Waals surface area contributed by atoms with Crippen LogP contribution in [0.25, 0.3) is 5.57 Å². The lowest BCUT2D eigenvalue weighted by molar-refractivity contribution is -0.671. The van der Waals surface area contributed by atoms with Crippen molar-refractivity contribution in [1.82, 2.24) is 0 Å². The van der Waals surface area contributed by atoms with Gasteiger partial charge in [-0.25, -0.2) is 0 Å². The van der Waals surface area contributed by atoms with Gasteiger partial charge in [0.15, 0.2) is 5.78 Å². The summed E-state index contributed by atoms with van der Waals surface area (Å²) in [5, 5.41) is 2.34. The van der Waals surface area contributed by atoms with E-state index < -0.39 is 0 Å². The van der Waals surface area contributed by atoms with Crippen LogP contribution >= 0.6 is 0 Å². The average molecular weight is 306 g/mol. The highest BCUT2D eigenvalue weighted by Gasteiger charge is 2.22. The molecule has 0 fully saturated rings. The number of benzene rings is 2. The van der Waals surface area contributed by atoms with Crippen LogP contribution in [0.4, 0.5) is 0 Å². The summed E-state index contributed by atoms with van der Waals surface area (Å²) in [5.41, 5.74) is 3.33. The maximum absolute atomic E-state index is 12.4. The number of carbonyl (C=O) groups excluding carboxylic acids is 1. The normalized spacial score (nSPS) is 17.8. The molecule has 2 N–H and O–H groups in total. The largest absolute Gasteiger partial charge is 0.342 e. The minimum Gasteiger partial charge on any atom is -0.342 e. The van der Waals surface area contributed by atoms with Gasteiger partial charge < -0.3 is 5.32 Å². The lowest BCUT2D eigenvalue weighted by atomic mass is 9.84. The van der Waals surface area contributed by atoms with Gasteiger partial charge in [0, 0.05) is 17.6 Å². The highest BCUT2D eigenvalue weighted by molar-refractivity contribution is 6.21. The summed E-state index contributed by atoms with van der Waals surface area (Å²) in [6.07, 6.45) is 4.97. The molecule has 0 bridgehead atoms. The van der Waals surface area contributed by atoms with Gasteiger partial charge in [-0.2, -0.15) is 0 Å². The van der Waals surface area contributed by atoms with Crippen LogP contribution in [0.15, 0.2) is 66.7 Å². The summed E-state index contributed by atoms with van der Waals surface area (Å²) in [4.78, 5) is 12.4. The Morgan fingerprint density at radius 3 is 2.35 bits per heavy atom. The predicted octanol–water partition coefficient (Wildman–Crippen LogP) is 3.20. The molecule has 23 heavy (non-hydrogen) atoms. The zero-order valence-electron chi connectivity index (χ0n) is 13.4. The topological polar surface area (TPSA) is 33.7 Å². The molecule has 0 saturated carbocycles. The third kappa shape index (κ3) is 4.40. The Kier molecular flexibility index (Phi) is 5.38. The zero-order valence-corrected chi connectivity index (χ0v) is 13.4. The van der Waals surface area contributed by atoms with E-state index in [0.717, 1.165) is 37.1 Å². The maximum Gasteiger partial charge on any atom is 0.163 e. The molecule has 0 aliphatic heterocycles. The number of allylic oxidation sites excluding steroid dienone is 2. The number of ketones is 1. The molecule has 1 aliphatic rings. The van der Waals surface area contributed by atoms with E-state index in [-0.39, 0.29) is 0 Å². The van der Waals surface area contributed by atoms with E-state index in [1.807, 2.05) is 36.4 Å². The first-order valence-electron chi connectivity index (χ1n) is 8.47. The summed E-state index contributed by atoms with van der Waals surface area (Å²) < 4.78 is 0. The Hall–Kier alpha value is -2.19. The molecule has 2 aromatic carbocycles. The van der Waals surface area contributed by atoms with Crippen molar-refractivity contribution in [2.24, 2.45) is 5.92 Å². The van der Waals surface area contributed by atoms with Crippen molar-refractivity contribution in [2.45, 2.75) is 25.8 Å². The number of quaternary nitrogens is 1. The molecule has 0 spiro atoms. The summed E-state index contributed by atoms with van der Waals surface area (Å²) in [7, 11) is 0. The standard InChI is InChI=1S/C21H23NO/c23-21-15-17(11-12-20(21)19-9-5-2-6-10-19)13-14-22-16-18-7-3-1-4-8-18/h1-10,12,17,22H,11,13-16H2/p+1. The van der Waals surface area contributed by atoms with Gasteiger partial charge in [0.25, 0.3) is 0 Å². The summed E-state index contributed by atoms with van der Waals surface area (Å²) in [6.45, 7) is 2.11. The molecule has 0 heterocycles. The highest BCUT2D eigenvalue weighted by Crippen LogP contribution is 2.28. The van der Waals surface area contributed by atoms with Crippen LogP contribution in [0.5, 0.6) is 0 Å². The number of hydrogen-bond donors (Lipinski definition) is 1. The van der Waals surface area contributed by atoms with Crippen LogP contribution in [0, 0.1) is 5.92 Å². The third-order valence-electron chi connectivity index (χ3n) is 4.52. The number of hydrogen-bond acceptors (Lipinski definition) is 1. The lowest BCUT2D eigenvalue weighted by Crippen LogP contribution is -2.82. The van der Waals surface area contributed by atoms with Gasteiger partial charge in [-0.1, -0.05) is 66.7 Å². The second-order valence-corrected chi connectivity index (χ2v) is 6.27. The molecule has 0 aromatic heterocycles. The number of carbonyl (C=O) groups is 1. The second-order valence-electron chi connectivity index (χ2n) is 6.27. The highest BCUT2D eigenvalue weighted by atomic mass is 16.1. The van der Waals surface area contributed by atoms with Gasteiger partial charge in [0.2, 0.25) is 0 Å². The smallest absolute Gasteiger partial charge is 0.163 e. The molecular formula is C21H24NO+. The first kappa shape index (κ1) is 15.7. The Morgan fingerprint density at radius 1 is 0.957 bits per heavy atom. The van der Waals surface area contributed by atoms with E-state index in [1.165, 1.54) is 5.56 Å². The van der Waals surface area contributed by atoms with Crippen LogP contribution in [-0.4, -0.2) is 12.3 Å². The number of nitrogens with two attached hydrogens (primary N) is 1. The Morgan fingerprint density at radius 2 is 1.65 bits per heavy atom. The van der Waals surface area contributed by atoms with Gasteiger partial charge in [0.05, 0.1) is 6.54 Å².